The summed E-state index contributed by atoms with van der Waals surface area (Å²) >= 11 is 6.19. The largest absolute Gasteiger partial charge is 0.493 e. The first-order valence-electron chi connectivity index (χ1n) is 15.7. The lowest BCUT2D eigenvalue weighted by molar-refractivity contribution is -0.145. The van der Waals surface area contributed by atoms with Crippen LogP contribution in [0.1, 0.15) is 36.8 Å². The minimum atomic E-state index is -1.57. The van der Waals surface area contributed by atoms with Gasteiger partial charge in [-0.15, -0.1) is 0 Å². The van der Waals surface area contributed by atoms with Crippen LogP contribution in [0.25, 0.3) is 11.1 Å². The predicted octanol–water partition coefficient (Wildman–Crippen LogP) is 5.58. The molecule has 3 amide bonds. The smallest absolute Gasteiger partial charge is 0.326 e. The SMILES string of the molecule is Cc1c(Cl)cccc1OCCCC(=O)N1CCCOc2c(-c3cnn(Cc4cccc(NC(=O)NC(CC(=O)O)C(=O)O)c4)c3)cccc21. The van der Waals surface area contributed by atoms with Crippen molar-refractivity contribution in [2.45, 2.75) is 45.2 Å². The van der Waals surface area contributed by atoms with Gasteiger partial charge < -0.3 is 35.2 Å². The highest BCUT2D eigenvalue weighted by molar-refractivity contribution is 6.31. The standard InChI is InChI=1S/C35H36ClN5O8/c1-22-27(36)10-4-12-30(22)48-15-5-13-31(42)41-14-6-16-49-33-26(9-3-11-29(33)41)24-19-37-40(21-24)20-23-7-2-8-25(17-23)38-35(47)39-28(34(45)46)18-32(43)44/h2-4,7-12,17,19,21,28H,5-6,13-16,18,20H2,1H3,(H,43,44)(H,45,46)(H2,38,39,47). The molecule has 1 aliphatic rings. The second-order valence-electron chi connectivity index (χ2n) is 11.4. The Hall–Kier alpha value is -5.56. The van der Waals surface area contributed by atoms with E-state index in [0.29, 0.717) is 73.5 Å². The van der Waals surface area contributed by atoms with Crippen molar-refractivity contribution in [3.8, 4) is 22.6 Å². The van der Waals surface area contributed by atoms with Crippen LogP contribution in [0.2, 0.25) is 5.02 Å². The van der Waals surface area contributed by atoms with Crippen LogP contribution in [0.5, 0.6) is 11.5 Å². The fraction of sp³-hybridized carbons (Fsp3) is 0.286. The van der Waals surface area contributed by atoms with Gasteiger partial charge >= 0.3 is 18.0 Å². The first-order chi connectivity index (χ1) is 23.6. The predicted molar refractivity (Wildman–Crippen MR) is 182 cm³/mol. The zero-order valence-corrected chi connectivity index (χ0v) is 27.5. The molecule has 1 aliphatic heterocycles. The molecule has 0 aliphatic carbocycles. The van der Waals surface area contributed by atoms with Crippen LogP contribution in [0.15, 0.2) is 73.1 Å². The normalized spacial score (nSPS) is 13.0. The van der Waals surface area contributed by atoms with E-state index in [1.165, 1.54) is 0 Å². The van der Waals surface area contributed by atoms with Crippen molar-refractivity contribution in [3.05, 3.63) is 89.2 Å². The van der Waals surface area contributed by atoms with E-state index in [9.17, 15) is 24.3 Å². The second-order valence-corrected chi connectivity index (χ2v) is 11.8. The van der Waals surface area contributed by atoms with Crippen LogP contribution >= 0.6 is 11.6 Å². The Morgan fingerprint density at radius 1 is 1.08 bits per heavy atom. The van der Waals surface area contributed by atoms with Gasteiger partial charge in [-0.25, -0.2) is 9.59 Å². The Kier molecular flexibility index (Phi) is 11.4. The van der Waals surface area contributed by atoms with Gasteiger partial charge in [0.15, 0.2) is 5.75 Å². The second kappa shape index (κ2) is 16.0. The number of hydrogen-bond acceptors (Lipinski definition) is 7. The Morgan fingerprint density at radius 3 is 2.67 bits per heavy atom. The minimum Gasteiger partial charge on any atom is -0.493 e. The lowest BCUT2D eigenvalue weighted by Crippen LogP contribution is -2.44. The first kappa shape index (κ1) is 34.8. The average Bonchev–Trinajstić information content (AvgIpc) is 3.41. The molecule has 4 aromatic rings. The summed E-state index contributed by atoms with van der Waals surface area (Å²) < 4.78 is 13.8. The van der Waals surface area contributed by atoms with Crippen molar-refractivity contribution in [1.29, 1.82) is 0 Å². The molecule has 1 aromatic heterocycles. The third kappa shape index (κ3) is 9.08. The molecule has 1 atom stereocenters. The fourth-order valence-corrected chi connectivity index (χ4v) is 5.57. The fourth-order valence-electron chi connectivity index (χ4n) is 5.40. The van der Waals surface area contributed by atoms with Gasteiger partial charge in [-0.3, -0.25) is 14.3 Å². The zero-order valence-electron chi connectivity index (χ0n) is 26.7. The number of carbonyl (C=O) groups excluding carboxylic acids is 2. The molecule has 49 heavy (non-hydrogen) atoms. The number of amides is 3. The average molecular weight is 690 g/mol. The van der Waals surface area contributed by atoms with Crippen molar-refractivity contribution in [1.82, 2.24) is 15.1 Å². The maximum atomic E-state index is 13.4. The van der Waals surface area contributed by atoms with Gasteiger partial charge in [0.2, 0.25) is 5.91 Å². The highest BCUT2D eigenvalue weighted by atomic mass is 35.5. The van der Waals surface area contributed by atoms with E-state index in [1.54, 1.807) is 34.0 Å². The molecule has 4 N–H and O–H groups in total. The maximum Gasteiger partial charge on any atom is 0.326 e. The number of halogens is 1. The highest BCUT2D eigenvalue weighted by Crippen LogP contribution is 2.40. The van der Waals surface area contributed by atoms with Crippen LogP contribution in [-0.4, -0.2) is 69.7 Å². The third-order valence-electron chi connectivity index (χ3n) is 7.82. The number of anilines is 2. The lowest BCUT2D eigenvalue weighted by atomic mass is 10.1. The molecule has 0 saturated heterocycles. The Morgan fingerprint density at radius 2 is 1.88 bits per heavy atom. The number of carboxylic acid groups (broad SMARTS) is 2. The Labute approximate surface area is 287 Å². The maximum absolute atomic E-state index is 13.4. The molecule has 2 heterocycles. The van der Waals surface area contributed by atoms with Gasteiger partial charge in [-0.1, -0.05) is 41.9 Å². The molecule has 13 nitrogen and oxygen atoms in total. The number of rotatable bonds is 13. The summed E-state index contributed by atoms with van der Waals surface area (Å²) in [6.07, 6.45) is 4.35. The van der Waals surface area contributed by atoms with Crippen LogP contribution in [0.4, 0.5) is 16.2 Å². The van der Waals surface area contributed by atoms with Gasteiger partial charge in [0, 0.05) is 46.6 Å². The molecule has 3 aromatic carbocycles. The van der Waals surface area contributed by atoms with Gasteiger partial charge in [0.05, 0.1) is 38.1 Å². The summed E-state index contributed by atoms with van der Waals surface area (Å²) in [6, 6.07) is 15.7. The molecule has 0 saturated carbocycles. The molecule has 0 bridgehead atoms. The topological polar surface area (TPSA) is 172 Å². The summed E-state index contributed by atoms with van der Waals surface area (Å²) in [4.78, 5) is 49.7. The zero-order chi connectivity index (χ0) is 34.9. The van der Waals surface area contributed by atoms with Crippen molar-refractivity contribution < 1.29 is 38.9 Å². The van der Waals surface area contributed by atoms with E-state index in [1.807, 2.05) is 55.6 Å². The van der Waals surface area contributed by atoms with Crippen molar-refractivity contribution in [2.24, 2.45) is 0 Å². The van der Waals surface area contributed by atoms with E-state index >= 15 is 0 Å². The van der Waals surface area contributed by atoms with Gasteiger partial charge in [0.1, 0.15) is 11.8 Å². The number of hydrogen-bond donors (Lipinski definition) is 4. The monoisotopic (exact) mass is 689 g/mol. The number of carbonyl (C=O) groups is 4. The number of nitrogens with one attached hydrogen (secondary N) is 2. The first-order valence-corrected chi connectivity index (χ1v) is 16.0. The van der Waals surface area contributed by atoms with E-state index in [0.717, 1.165) is 22.3 Å². The van der Waals surface area contributed by atoms with Crippen LogP contribution in [0.3, 0.4) is 0 Å². The number of para-hydroxylation sites is 1. The minimum absolute atomic E-state index is 0.0199. The van der Waals surface area contributed by atoms with Crippen LogP contribution < -0.4 is 25.0 Å². The molecule has 1 unspecified atom stereocenters. The summed E-state index contributed by atoms with van der Waals surface area (Å²) in [5.74, 6) is -1.50. The van der Waals surface area contributed by atoms with Gasteiger partial charge in [-0.2, -0.15) is 5.10 Å². The Balaban J connectivity index is 1.23. The lowest BCUT2D eigenvalue weighted by Gasteiger charge is -2.23. The molecular weight excluding hydrogens is 654 g/mol. The van der Waals surface area contributed by atoms with E-state index in [4.69, 9.17) is 26.2 Å². The summed E-state index contributed by atoms with van der Waals surface area (Å²) in [7, 11) is 0. The number of aliphatic carboxylic acids is 2. The van der Waals surface area contributed by atoms with E-state index < -0.39 is 30.4 Å². The number of nitrogens with zero attached hydrogens (tertiary/aromatic N) is 3. The Bertz CT molecular complexity index is 1840. The molecule has 0 spiro atoms. The number of carboxylic acids is 2. The molecule has 0 radical (unpaired) electrons. The molecule has 14 heteroatoms. The van der Waals surface area contributed by atoms with Gasteiger partial charge in [-0.05, 0) is 55.7 Å². The summed E-state index contributed by atoms with van der Waals surface area (Å²) in [5, 5.41) is 27.9. The number of urea groups is 1. The quantitative estimate of drug-likeness (QED) is 0.131. The third-order valence-corrected chi connectivity index (χ3v) is 8.23. The molecule has 256 valence electrons. The molecule has 0 fully saturated rings. The van der Waals surface area contributed by atoms with Crippen LogP contribution in [0, 0.1) is 6.92 Å². The summed E-state index contributed by atoms with van der Waals surface area (Å²) in [6.45, 7) is 3.61. The number of fused-ring (bicyclic) bond motifs is 1. The van der Waals surface area contributed by atoms with Crippen molar-refractivity contribution >= 4 is 46.9 Å². The molecular formula is C35H36ClN5O8. The van der Waals surface area contributed by atoms with Crippen molar-refractivity contribution in [3.63, 3.8) is 0 Å². The van der Waals surface area contributed by atoms with Gasteiger partial charge in [0.25, 0.3) is 0 Å². The van der Waals surface area contributed by atoms with E-state index in [-0.39, 0.29) is 5.91 Å². The number of aromatic nitrogens is 2. The van der Waals surface area contributed by atoms with E-state index in [2.05, 4.69) is 15.7 Å². The number of ether oxygens (including phenoxy) is 2. The molecule has 5 rings (SSSR count). The van der Waals surface area contributed by atoms with Crippen molar-refractivity contribution in [2.75, 3.05) is 30.0 Å². The number of benzene rings is 3. The summed E-state index contributed by atoms with van der Waals surface area (Å²) in [5.41, 5.74) is 4.34. The highest BCUT2D eigenvalue weighted by Gasteiger charge is 2.25. The van der Waals surface area contributed by atoms with Crippen LogP contribution in [-0.2, 0) is 20.9 Å².